The number of ether oxygens (including phenoxy) is 1. The van der Waals surface area contributed by atoms with Gasteiger partial charge in [-0.1, -0.05) is 13.8 Å². The molecule has 2 atom stereocenters. The molecule has 2 N–H and O–H groups in total. The van der Waals surface area contributed by atoms with Gasteiger partial charge in [0.05, 0.1) is 12.2 Å². The molecule has 7 heteroatoms. The lowest BCUT2D eigenvalue weighted by molar-refractivity contribution is 0.0815. The van der Waals surface area contributed by atoms with Crippen LogP contribution in [-0.4, -0.2) is 38.5 Å². The number of aromatic nitrogens is 4. The van der Waals surface area contributed by atoms with Crippen LogP contribution in [-0.2, 0) is 11.8 Å². The third-order valence-corrected chi connectivity index (χ3v) is 4.44. The maximum Gasteiger partial charge on any atom is 0.272 e. The Morgan fingerprint density at radius 2 is 2.30 bits per heavy atom. The van der Waals surface area contributed by atoms with Crippen molar-refractivity contribution < 1.29 is 9.53 Å². The number of carbonyl (C=O) groups is 1. The standard InChI is InChI=1S/C16H23N5O2/c1-9(2)13-7-14(20-19-13)16(22)18-12-5-6-23-15(12)11-8-17-21(4)10(11)3/h7-9,12,15H,5-6H2,1-4H3,(H,18,22)(H,19,20)/t12-,15+/m0/s1. The van der Waals surface area contributed by atoms with Crippen LogP contribution in [0.2, 0.25) is 0 Å². The van der Waals surface area contributed by atoms with E-state index in [0.717, 1.165) is 23.4 Å². The monoisotopic (exact) mass is 317 g/mol. The molecule has 0 saturated carbocycles. The Morgan fingerprint density at radius 3 is 2.91 bits per heavy atom. The zero-order valence-corrected chi connectivity index (χ0v) is 14.0. The highest BCUT2D eigenvalue weighted by atomic mass is 16.5. The molecule has 0 unspecified atom stereocenters. The first kappa shape index (κ1) is 15.7. The Bertz CT molecular complexity index is 703. The first-order valence-electron chi connectivity index (χ1n) is 7.93. The summed E-state index contributed by atoms with van der Waals surface area (Å²) in [6, 6.07) is 1.74. The third-order valence-electron chi connectivity index (χ3n) is 4.44. The van der Waals surface area contributed by atoms with Crippen molar-refractivity contribution in [2.24, 2.45) is 7.05 Å². The van der Waals surface area contributed by atoms with Gasteiger partial charge in [-0.05, 0) is 25.3 Å². The van der Waals surface area contributed by atoms with Crippen molar-refractivity contribution in [3.63, 3.8) is 0 Å². The maximum atomic E-state index is 12.4. The summed E-state index contributed by atoms with van der Waals surface area (Å²) in [7, 11) is 1.90. The Labute approximate surface area is 135 Å². The molecule has 1 fully saturated rings. The maximum absolute atomic E-state index is 12.4. The minimum atomic E-state index is -0.171. The number of amides is 1. The summed E-state index contributed by atoms with van der Waals surface area (Å²) < 4.78 is 7.65. The van der Waals surface area contributed by atoms with Crippen molar-refractivity contribution in [2.75, 3.05) is 6.61 Å². The van der Waals surface area contributed by atoms with E-state index in [1.807, 2.05) is 24.9 Å². The lowest BCUT2D eigenvalue weighted by Crippen LogP contribution is -2.37. The Morgan fingerprint density at radius 1 is 1.52 bits per heavy atom. The van der Waals surface area contributed by atoms with E-state index < -0.39 is 0 Å². The largest absolute Gasteiger partial charge is 0.371 e. The van der Waals surface area contributed by atoms with Crippen molar-refractivity contribution in [2.45, 2.75) is 45.3 Å². The van der Waals surface area contributed by atoms with Crippen LogP contribution in [0.25, 0.3) is 0 Å². The van der Waals surface area contributed by atoms with Gasteiger partial charge < -0.3 is 10.1 Å². The predicted octanol–water partition coefficient (Wildman–Crippen LogP) is 1.84. The van der Waals surface area contributed by atoms with Gasteiger partial charge in [-0.25, -0.2) is 0 Å². The van der Waals surface area contributed by atoms with Crippen LogP contribution < -0.4 is 5.32 Å². The Balaban J connectivity index is 1.73. The molecular formula is C16H23N5O2. The van der Waals surface area contributed by atoms with Gasteiger partial charge >= 0.3 is 0 Å². The van der Waals surface area contributed by atoms with E-state index in [2.05, 4.69) is 34.5 Å². The summed E-state index contributed by atoms with van der Waals surface area (Å²) in [4.78, 5) is 12.4. The zero-order valence-electron chi connectivity index (χ0n) is 14.0. The molecule has 1 aliphatic rings. The van der Waals surface area contributed by atoms with Crippen molar-refractivity contribution >= 4 is 5.91 Å². The minimum absolute atomic E-state index is 0.0652. The molecule has 23 heavy (non-hydrogen) atoms. The van der Waals surface area contributed by atoms with Gasteiger partial charge in [0.1, 0.15) is 11.8 Å². The molecule has 7 nitrogen and oxygen atoms in total. The van der Waals surface area contributed by atoms with Gasteiger partial charge in [-0.3, -0.25) is 14.6 Å². The Hall–Kier alpha value is -2.15. The molecule has 3 rings (SSSR count). The lowest BCUT2D eigenvalue weighted by atomic mass is 10.0. The summed E-state index contributed by atoms with van der Waals surface area (Å²) in [5.74, 6) is 0.139. The first-order valence-corrected chi connectivity index (χ1v) is 7.93. The molecule has 0 spiro atoms. The van der Waals surface area contributed by atoms with E-state index in [4.69, 9.17) is 4.74 Å². The molecule has 124 valence electrons. The quantitative estimate of drug-likeness (QED) is 0.901. The van der Waals surface area contributed by atoms with Gasteiger partial charge in [0.15, 0.2) is 0 Å². The molecule has 0 radical (unpaired) electrons. The van der Waals surface area contributed by atoms with Crippen LogP contribution in [0.4, 0.5) is 0 Å². The number of aromatic amines is 1. The smallest absolute Gasteiger partial charge is 0.272 e. The van der Waals surface area contributed by atoms with Gasteiger partial charge in [0, 0.05) is 30.6 Å². The average molecular weight is 317 g/mol. The van der Waals surface area contributed by atoms with Crippen LogP contribution >= 0.6 is 0 Å². The van der Waals surface area contributed by atoms with E-state index in [-0.39, 0.29) is 18.1 Å². The highest BCUT2D eigenvalue weighted by Gasteiger charge is 2.33. The van der Waals surface area contributed by atoms with Crippen molar-refractivity contribution in [1.29, 1.82) is 0 Å². The number of hydrogen-bond donors (Lipinski definition) is 2. The molecule has 2 aromatic heterocycles. The average Bonchev–Trinajstić information content (AvgIpc) is 3.21. The van der Waals surface area contributed by atoms with Crippen molar-refractivity contribution in [3.8, 4) is 0 Å². The number of carbonyl (C=O) groups excluding carboxylic acids is 1. The van der Waals surface area contributed by atoms with Gasteiger partial charge in [-0.15, -0.1) is 0 Å². The van der Waals surface area contributed by atoms with E-state index in [9.17, 15) is 4.79 Å². The van der Waals surface area contributed by atoms with E-state index in [1.165, 1.54) is 0 Å². The summed E-state index contributed by atoms with van der Waals surface area (Å²) in [6.07, 6.45) is 2.44. The van der Waals surface area contributed by atoms with Gasteiger partial charge in [0.2, 0.25) is 0 Å². The normalized spacial score (nSPS) is 21.1. The number of hydrogen-bond acceptors (Lipinski definition) is 4. The number of nitrogens with one attached hydrogen (secondary N) is 2. The number of aryl methyl sites for hydroxylation is 1. The molecular weight excluding hydrogens is 294 g/mol. The Kier molecular flexibility index (Phi) is 4.21. The van der Waals surface area contributed by atoms with Gasteiger partial charge in [0.25, 0.3) is 5.91 Å². The molecule has 0 aromatic carbocycles. The van der Waals surface area contributed by atoms with E-state index >= 15 is 0 Å². The van der Waals surface area contributed by atoms with E-state index in [0.29, 0.717) is 18.2 Å². The van der Waals surface area contributed by atoms with Crippen LogP contribution in [0, 0.1) is 6.92 Å². The molecule has 0 bridgehead atoms. The van der Waals surface area contributed by atoms with Crippen LogP contribution in [0.15, 0.2) is 12.3 Å². The molecule has 1 saturated heterocycles. The first-order chi connectivity index (χ1) is 11.0. The number of rotatable bonds is 4. The molecule has 2 aromatic rings. The van der Waals surface area contributed by atoms with Crippen LogP contribution in [0.3, 0.4) is 0 Å². The second-order valence-electron chi connectivity index (χ2n) is 6.33. The van der Waals surface area contributed by atoms with Crippen molar-refractivity contribution in [1.82, 2.24) is 25.3 Å². The molecule has 1 amide bonds. The van der Waals surface area contributed by atoms with Crippen LogP contribution in [0.1, 0.15) is 59.7 Å². The second kappa shape index (κ2) is 6.16. The fourth-order valence-electron chi connectivity index (χ4n) is 2.83. The number of H-pyrrole nitrogens is 1. The van der Waals surface area contributed by atoms with Gasteiger partial charge in [-0.2, -0.15) is 10.2 Å². The highest BCUT2D eigenvalue weighted by molar-refractivity contribution is 5.92. The summed E-state index contributed by atoms with van der Waals surface area (Å²) >= 11 is 0. The topological polar surface area (TPSA) is 84.8 Å². The number of nitrogens with zero attached hydrogens (tertiary/aromatic N) is 3. The molecule has 0 aliphatic carbocycles. The highest BCUT2D eigenvalue weighted by Crippen LogP contribution is 2.31. The summed E-state index contributed by atoms with van der Waals surface area (Å²) in [5, 5.41) is 14.3. The minimum Gasteiger partial charge on any atom is -0.371 e. The fourth-order valence-corrected chi connectivity index (χ4v) is 2.83. The van der Waals surface area contributed by atoms with Crippen molar-refractivity contribution in [3.05, 3.63) is 34.9 Å². The molecule has 1 aliphatic heterocycles. The molecule has 3 heterocycles. The second-order valence-corrected chi connectivity index (χ2v) is 6.33. The predicted molar refractivity (Wildman–Crippen MR) is 85.2 cm³/mol. The summed E-state index contributed by atoms with van der Waals surface area (Å²) in [6.45, 7) is 6.75. The third kappa shape index (κ3) is 3.01. The van der Waals surface area contributed by atoms with E-state index in [1.54, 1.807) is 6.07 Å². The zero-order chi connectivity index (χ0) is 16.6. The SMILES string of the molecule is Cc1c([C@H]2OCC[C@@H]2NC(=O)c2cc(C(C)C)[nH]n2)cnn1C. The lowest BCUT2D eigenvalue weighted by Gasteiger charge is -2.19. The fraction of sp³-hybridized carbons (Fsp3) is 0.562. The van der Waals surface area contributed by atoms with Crippen LogP contribution in [0.5, 0.6) is 0 Å². The summed E-state index contributed by atoms with van der Waals surface area (Å²) in [5.41, 5.74) is 3.46.